The Morgan fingerprint density at radius 2 is 1.80 bits per heavy atom. The molecule has 2 unspecified atom stereocenters. The second kappa shape index (κ2) is 5.31. The molecule has 2 atom stereocenters. The molecule has 2 heteroatoms. The van der Waals surface area contributed by atoms with Crippen LogP contribution in [0.4, 0.5) is 0 Å². The van der Waals surface area contributed by atoms with Gasteiger partial charge >= 0.3 is 0 Å². The first kappa shape index (κ1) is 11.4. The lowest BCUT2D eigenvalue weighted by Gasteiger charge is -2.41. The van der Waals surface area contributed by atoms with E-state index < -0.39 is 0 Å². The number of hydrogen-bond donors (Lipinski definition) is 1. The van der Waals surface area contributed by atoms with Crippen LogP contribution >= 0.6 is 0 Å². The van der Waals surface area contributed by atoms with Crippen molar-refractivity contribution in [3.63, 3.8) is 0 Å². The molecular weight excluding hydrogens is 184 g/mol. The van der Waals surface area contributed by atoms with E-state index in [1.165, 1.54) is 51.7 Å². The van der Waals surface area contributed by atoms with E-state index in [1.807, 2.05) is 0 Å². The zero-order valence-electron chi connectivity index (χ0n) is 10.3. The standard InChI is InChI=1S/C13H26N2/c1-3-11-5-6-13(11)14-12-7-9-15(4-2)10-8-12/h11-14H,3-10H2,1-2H3. The Balaban J connectivity index is 1.68. The van der Waals surface area contributed by atoms with Crippen LogP contribution in [0.1, 0.15) is 46.0 Å². The van der Waals surface area contributed by atoms with Crippen LogP contribution in [0, 0.1) is 5.92 Å². The van der Waals surface area contributed by atoms with Crippen molar-refractivity contribution in [1.82, 2.24) is 10.2 Å². The molecule has 0 aromatic rings. The Hall–Kier alpha value is -0.0800. The molecular formula is C13H26N2. The van der Waals surface area contributed by atoms with Crippen LogP contribution in [0.15, 0.2) is 0 Å². The lowest BCUT2D eigenvalue weighted by molar-refractivity contribution is 0.145. The van der Waals surface area contributed by atoms with Crippen LogP contribution in [-0.4, -0.2) is 36.6 Å². The first-order valence-corrected chi connectivity index (χ1v) is 6.81. The van der Waals surface area contributed by atoms with Crippen LogP contribution in [0.2, 0.25) is 0 Å². The molecule has 1 aliphatic heterocycles. The third-order valence-electron chi connectivity index (χ3n) is 4.43. The topological polar surface area (TPSA) is 15.3 Å². The first-order chi connectivity index (χ1) is 7.33. The Bertz CT molecular complexity index is 183. The molecule has 0 aromatic carbocycles. The number of piperidine rings is 1. The van der Waals surface area contributed by atoms with Gasteiger partial charge in [-0.15, -0.1) is 0 Å². The number of nitrogens with zero attached hydrogens (tertiary/aromatic N) is 1. The number of nitrogens with one attached hydrogen (secondary N) is 1. The van der Waals surface area contributed by atoms with Gasteiger partial charge in [-0.25, -0.2) is 0 Å². The van der Waals surface area contributed by atoms with Gasteiger partial charge in [-0.1, -0.05) is 20.3 Å². The number of rotatable bonds is 4. The van der Waals surface area contributed by atoms with Gasteiger partial charge in [0.25, 0.3) is 0 Å². The van der Waals surface area contributed by atoms with Gasteiger partial charge in [0.1, 0.15) is 0 Å². The summed E-state index contributed by atoms with van der Waals surface area (Å²) < 4.78 is 0. The SMILES string of the molecule is CCC1CCC1NC1CCN(CC)CC1. The van der Waals surface area contributed by atoms with Crippen molar-refractivity contribution in [2.75, 3.05) is 19.6 Å². The Morgan fingerprint density at radius 3 is 2.27 bits per heavy atom. The first-order valence-electron chi connectivity index (χ1n) is 6.81. The minimum absolute atomic E-state index is 0.812. The Kier molecular flexibility index (Phi) is 4.04. The molecule has 1 N–H and O–H groups in total. The van der Waals surface area contributed by atoms with Crippen molar-refractivity contribution in [3.8, 4) is 0 Å². The summed E-state index contributed by atoms with van der Waals surface area (Å²) in [6.45, 7) is 8.44. The largest absolute Gasteiger partial charge is 0.311 e. The highest BCUT2D eigenvalue weighted by Crippen LogP contribution is 2.31. The van der Waals surface area contributed by atoms with E-state index in [0.717, 1.165) is 18.0 Å². The summed E-state index contributed by atoms with van der Waals surface area (Å²) >= 11 is 0. The van der Waals surface area contributed by atoms with Crippen molar-refractivity contribution >= 4 is 0 Å². The normalized spacial score (nSPS) is 34.0. The molecule has 2 nitrogen and oxygen atoms in total. The molecule has 1 aliphatic carbocycles. The predicted octanol–water partition coefficient (Wildman–Crippen LogP) is 2.25. The van der Waals surface area contributed by atoms with Crippen molar-refractivity contribution in [1.29, 1.82) is 0 Å². The summed E-state index contributed by atoms with van der Waals surface area (Å²) in [4.78, 5) is 2.57. The average Bonchev–Trinajstić information content (AvgIpc) is 2.26. The van der Waals surface area contributed by atoms with Gasteiger partial charge < -0.3 is 10.2 Å². The minimum Gasteiger partial charge on any atom is -0.311 e. The molecule has 2 fully saturated rings. The molecule has 0 amide bonds. The van der Waals surface area contributed by atoms with E-state index in [9.17, 15) is 0 Å². The van der Waals surface area contributed by atoms with Crippen molar-refractivity contribution in [2.24, 2.45) is 5.92 Å². The highest BCUT2D eigenvalue weighted by molar-refractivity contribution is 4.89. The van der Waals surface area contributed by atoms with E-state index in [4.69, 9.17) is 0 Å². The molecule has 1 saturated heterocycles. The fraction of sp³-hybridized carbons (Fsp3) is 1.00. The quantitative estimate of drug-likeness (QED) is 0.765. The maximum Gasteiger partial charge on any atom is 0.00979 e. The fourth-order valence-corrected chi connectivity index (χ4v) is 3.00. The highest BCUT2D eigenvalue weighted by atomic mass is 15.1. The van der Waals surface area contributed by atoms with Crippen molar-refractivity contribution in [3.05, 3.63) is 0 Å². The molecule has 1 saturated carbocycles. The van der Waals surface area contributed by atoms with E-state index in [-0.39, 0.29) is 0 Å². The lowest BCUT2D eigenvalue weighted by Crippen LogP contribution is -2.51. The summed E-state index contributed by atoms with van der Waals surface area (Å²) in [5.41, 5.74) is 0. The third-order valence-corrected chi connectivity index (χ3v) is 4.43. The second-order valence-electron chi connectivity index (χ2n) is 5.23. The summed E-state index contributed by atoms with van der Waals surface area (Å²) in [5, 5.41) is 3.87. The molecule has 15 heavy (non-hydrogen) atoms. The third kappa shape index (κ3) is 2.73. The summed E-state index contributed by atoms with van der Waals surface area (Å²) in [7, 11) is 0. The zero-order chi connectivity index (χ0) is 10.7. The molecule has 0 spiro atoms. The van der Waals surface area contributed by atoms with Gasteiger partial charge in [-0.3, -0.25) is 0 Å². The molecule has 0 radical (unpaired) electrons. The predicted molar refractivity (Wildman–Crippen MR) is 65.1 cm³/mol. The smallest absolute Gasteiger partial charge is 0.00979 e. The van der Waals surface area contributed by atoms with Gasteiger partial charge in [0.05, 0.1) is 0 Å². The van der Waals surface area contributed by atoms with E-state index >= 15 is 0 Å². The molecule has 0 aromatic heterocycles. The lowest BCUT2D eigenvalue weighted by atomic mass is 9.77. The van der Waals surface area contributed by atoms with Gasteiger partial charge in [-0.05, 0) is 51.2 Å². The maximum absolute atomic E-state index is 3.87. The molecule has 1 heterocycles. The molecule has 88 valence electrons. The monoisotopic (exact) mass is 210 g/mol. The Morgan fingerprint density at radius 1 is 1.07 bits per heavy atom. The van der Waals surface area contributed by atoms with Crippen LogP contribution in [-0.2, 0) is 0 Å². The highest BCUT2D eigenvalue weighted by Gasteiger charge is 2.31. The minimum atomic E-state index is 0.812. The maximum atomic E-state index is 3.87. The van der Waals surface area contributed by atoms with Crippen LogP contribution < -0.4 is 5.32 Å². The van der Waals surface area contributed by atoms with Crippen molar-refractivity contribution in [2.45, 2.75) is 58.0 Å². The Labute approximate surface area is 94.4 Å². The summed E-state index contributed by atoms with van der Waals surface area (Å²) in [5.74, 6) is 0.981. The summed E-state index contributed by atoms with van der Waals surface area (Å²) in [6.07, 6.45) is 6.97. The van der Waals surface area contributed by atoms with Gasteiger partial charge in [0.2, 0.25) is 0 Å². The van der Waals surface area contributed by atoms with Gasteiger partial charge in [0.15, 0.2) is 0 Å². The van der Waals surface area contributed by atoms with Crippen LogP contribution in [0.3, 0.4) is 0 Å². The van der Waals surface area contributed by atoms with E-state index in [2.05, 4.69) is 24.1 Å². The molecule has 0 bridgehead atoms. The second-order valence-corrected chi connectivity index (χ2v) is 5.23. The summed E-state index contributed by atoms with van der Waals surface area (Å²) in [6, 6.07) is 1.67. The number of likely N-dealkylation sites (tertiary alicyclic amines) is 1. The van der Waals surface area contributed by atoms with Gasteiger partial charge in [0, 0.05) is 12.1 Å². The van der Waals surface area contributed by atoms with Crippen LogP contribution in [0.25, 0.3) is 0 Å². The van der Waals surface area contributed by atoms with E-state index in [1.54, 1.807) is 0 Å². The van der Waals surface area contributed by atoms with E-state index in [0.29, 0.717) is 0 Å². The average molecular weight is 210 g/mol. The molecule has 2 rings (SSSR count). The van der Waals surface area contributed by atoms with Gasteiger partial charge in [-0.2, -0.15) is 0 Å². The number of hydrogen-bond acceptors (Lipinski definition) is 2. The zero-order valence-corrected chi connectivity index (χ0v) is 10.3. The fourth-order valence-electron chi connectivity index (χ4n) is 3.00. The molecule has 2 aliphatic rings. The van der Waals surface area contributed by atoms with Crippen LogP contribution in [0.5, 0.6) is 0 Å². The van der Waals surface area contributed by atoms with Crippen molar-refractivity contribution < 1.29 is 0 Å².